The summed E-state index contributed by atoms with van der Waals surface area (Å²) in [5.74, 6) is 1.06. The Morgan fingerprint density at radius 2 is 2.07 bits per heavy atom. The van der Waals surface area contributed by atoms with E-state index in [1.54, 1.807) is 7.05 Å². The Balaban J connectivity index is 1.80. The SMILES string of the molecule is CNC(=O)C(C)N1CC2(CC(C)C2)C1. The quantitative estimate of drug-likeness (QED) is 0.710. The number of nitrogens with one attached hydrogen (secondary N) is 1. The van der Waals surface area contributed by atoms with Gasteiger partial charge < -0.3 is 5.32 Å². The number of likely N-dealkylation sites (N-methyl/N-ethyl adjacent to an activating group) is 1. The molecule has 80 valence electrons. The van der Waals surface area contributed by atoms with Gasteiger partial charge in [0.15, 0.2) is 0 Å². The van der Waals surface area contributed by atoms with Gasteiger partial charge in [0.1, 0.15) is 0 Å². The lowest BCUT2D eigenvalue weighted by molar-refractivity contribution is -0.140. The number of nitrogens with zero attached hydrogens (tertiary/aromatic N) is 1. The molecular formula is C11H20N2O. The van der Waals surface area contributed by atoms with Crippen LogP contribution in [-0.4, -0.2) is 37.0 Å². The third kappa shape index (κ3) is 1.44. The van der Waals surface area contributed by atoms with Crippen molar-refractivity contribution >= 4 is 5.91 Å². The number of hydrogen-bond acceptors (Lipinski definition) is 2. The molecule has 3 nitrogen and oxygen atoms in total. The lowest BCUT2D eigenvalue weighted by atomic mass is 9.58. The van der Waals surface area contributed by atoms with Gasteiger partial charge in [-0.15, -0.1) is 0 Å². The number of rotatable bonds is 2. The molecule has 0 radical (unpaired) electrons. The van der Waals surface area contributed by atoms with Crippen LogP contribution in [0.1, 0.15) is 26.7 Å². The minimum Gasteiger partial charge on any atom is -0.358 e. The molecule has 1 aliphatic carbocycles. The number of likely N-dealkylation sites (tertiary alicyclic amines) is 1. The van der Waals surface area contributed by atoms with Crippen LogP contribution < -0.4 is 5.32 Å². The van der Waals surface area contributed by atoms with Crippen LogP contribution in [0.3, 0.4) is 0 Å². The molecule has 1 atom stereocenters. The zero-order valence-corrected chi connectivity index (χ0v) is 9.34. The maximum Gasteiger partial charge on any atom is 0.236 e. The highest BCUT2D eigenvalue weighted by Gasteiger charge is 2.52. The third-order valence-electron chi connectivity index (χ3n) is 3.81. The molecule has 0 bridgehead atoms. The van der Waals surface area contributed by atoms with Crippen molar-refractivity contribution in [3.63, 3.8) is 0 Å². The van der Waals surface area contributed by atoms with Crippen molar-refractivity contribution in [3.05, 3.63) is 0 Å². The zero-order chi connectivity index (χ0) is 10.3. The molecule has 1 saturated carbocycles. The predicted molar refractivity (Wildman–Crippen MR) is 55.9 cm³/mol. The van der Waals surface area contributed by atoms with E-state index in [4.69, 9.17) is 0 Å². The standard InChI is InChI=1S/C11H20N2O/c1-8-4-11(5-8)6-13(7-11)9(2)10(14)12-3/h8-9H,4-7H2,1-3H3,(H,12,14). The van der Waals surface area contributed by atoms with Gasteiger partial charge in [0.05, 0.1) is 6.04 Å². The van der Waals surface area contributed by atoms with E-state index < -0.39 is 0 Å². The average Bonchev–Trinajstić information content (AvgIpc) is 2.06. The molecule has 0 aromatic carbocycles. The lowest BCUT2D eigenvalue weighted by Crippen LogP contribution is -2.65. The molecule has 1 unspecified atom stereocenters. The highest BCUT2D eigenvalue weighted by Crippen LogP contribution is 2.51. The molecule has 1 heterocycles. The Kier molecular flexibility index (Phi) is 2.30. The molecule has 1 N–H and O–H groups in total. The molecule has 1 saturated heterocycles. The van der Waals surface area contributed by atoms with Gasteiger partial charge in [-0.3, -0.25) is 9.69 Å². The summed E-state index contributed by atoms with van der Waals surface area (Å²) >= 11 is 0. The van der Waals surface area contributed by atoms with Gasteiger partial charge >= 0.3 is 0 Å². The van der Waals surface area contributed by atoms with E-state index in [1.807, 2.05) is 6.92 Å². The lowest BCUT2D eigenvalue weighted by Gasteiger charge is -2.60. The van der Waals surface area contributed by atoms with Crippen molar-refractivity contribution in [1.29, 1.82) is 0 Å². The zero-order valence-electron chi connectivity index (χ0n) is 9.34. The first-order chi connectivity index (χ1) is 6.56. The van der Waals surface area contributed by atoms with E-state index in [-0.39, 0.29) is 11.9 Å². The van der Waals surface area contributed by atoms with Gasteiger partial charge in [-0.2, -0.15) is 0 Å². The van der Waals surface area contributed by atoms with Crippen LogP contribution in [0.15, 0.2) is 0 Å². The van der Waals surface area contributed by atoms with Gasteiger partial charge in [0, 0.05) is 20.1 Å². The Labute approximate surface area is 85.8 Å². The Morgan fingerprint density at radius 3 is 2.50 bits per heavy atom. The van der Waals surface area contributed by atoms with Crippen LogP contribution in [0.25, 0.3) is 0 Å². The monoisotopic (exact) mass is 196 g/mol. The number of amides is 1. The molecule has 1 amide bonds. The molecule has 1 aliphatic heterocycles. The first kappa shape index (κ1) is 9.97. The van der Waals surface area contributed by atoms with Crippen molar-refractivity contribution in [3.8, 4) is 0 Å². The largest absolute Gasteiger partial charge is 0.358 e. The van der Waals surface area contributed by atoms with Crippen molar-refractivity contribution in [2.24, 2.45) is 11.3 Å². The summed E-state index contributed by atoms with van der Waals surface area (Å²) in [7, 11) is 1.71. The second-order valence-electron chi connectivity index (χ2n) is 5.21. The normalized spacial score (nSPS) is 27.9. The van der Waals surface area contributed by atoms with Crippen molar-refractivity contribution in [2.45, 2.75) is 32.7 Å². The maximum absolute atomic E-state index is 11.4. The number of carbonyl (C=O) groups is 1. The van der Waals surface area contributed by atoms with Crippen molar-refractivity contribution in [2.75, 3.05) is 20.1 Å². The molecule has 2 fully saturated rings. The van der Waals surface area contributed by atoms with E-state index in [2.05, 4.69) is 17.1 Å². The van der Waals surface area contributed by atoms with Crippen LogP contribution >= 0.6 is 0 Å². The summed E-state index contributed by atoms with van der Waals surface area (Å²) in [6.45, 7) is 6.57. The molecule has 14 heavy (non-hydrogen) atoms. The second-order valence-corrected chi connectivity index (χ2v) is 5.21. The van der Waals surface area contributed by atoms with Crippen LogP contribution in [0.5, 0.6) is 0 Å². The number of carbonyl (C=O) groups excluding carboxylic acids is 1. The third-order valence-corrected chi connectivity index (χ3v) is 3.81. The first-order valence-electron chi connectivity index (χ1n) is 5.52. The minimum atomic E-state index is 0.0570. The Hall–Kier alpha value is -0.570. The van der Waals surface area contributed by atoms with Crippen LogP contribution in [0.4, 0.5) is 0 Å². The molecule has 2 rings (SSSR count). The van der Waals surface area contributed by atoms with Gasteiger partial charge in [-0.05, 0) is 31.1 Å². The Bertz CT molecular complexity index is 238. The fourth-order valence-corrected chi connectivity index (χ4v) is 3.14. The van der Waals surface area contributed by atoms with Crippen LogP contribution in [0, 0.1) is 11.3 Å². The average molecular weight is 196 g/mol. The second kappa shape index (κ2) is 3.23. The van der Waals surface area contributed by atoms with E-state index in [0.717, 1.165) is 19.0 Å². The molecular weight excluding hydrogens is 176 g/mol. The summed E-state index contributed by atoms with van der Waals surface area (Å²) in [5.41, 5.74) is 0.599. The van der Waals surface area contributed by atoms with E-state index in [1.165, 1.54) is 12.8 Å². The number of hydrogen-bond donors (Lipinski definition) is 1. The molecule has 1 spiro atoms. The van der Waals surface area contributed by atoms with Crippen molar-refractivity contribution < 1.29 is 4.79 Å². The minimum absolute atomic E-state index is 0.0570. The van der Waals surface area contributed by atoms with Gasteiger partial charge in [0.2, 0.25) is 5.91 Å². The maximum atomic E-state index is 11.4. The molecule has 0 aromatic heterocycles. The summed E-state index contributed by atoms with van der Waals surface area (Å²) in [5, 5.41) is 2.71. The summed E-state index contributed by atoms with van der Waals surface area (Å²) in [6, 6.07) is 0.0570. The summed E-state index contributed by atoms with van der Waals surface area (Å²) in [4.78, 5) is 13.7. The highest BCUT2D eigenvalue weighted by atomic mass is 16.2. The van der Waals surface area contributed by atoms with E-state index in [0.29, 0.717) is 5.41 Å². The molecule has 2 aliphatic rings. The van der Waals surface area contributed by atoms with Gasteiger partial charge in [0.25, 0.3) is 0 Å². The smallest absolute Gasteiger partial charge is 0.236 e. The highest BCUT2D eigenvalue weighted by molar-refractivity contribution is 5.81. The van der Waals surface area contributed by atoms with E-state index in [9.17, 15) is 4.79 Å². The fourth-order valence-electron chi connectivity index (χ4n) is 3.14. The topological polar surface area (TPSA) is 32.3 Å². The first-order valence-corrected chi connectivity index (χ1v) is 5.52. The predicted octanol–water partition coefficient (Wildman–Crippen LogP) is 0.853. The van der Waals surface area contributed by atoms with Crippen LogP contribution in [-0.2, 0) is 4.79 Å². The fraction of sp³-hybridized carbons (Fsp3) is 0.909. The summed E-state index contributed by atoms with van der Waals surface area (Å²) < 4.78 is 0. The van der Waals surface area contributed by atoms with Crippen LogP contribution in [0.2, 0.25) is 0 Å². The summed E-state index contributed by atoms with van der Waals surface area (Å²) in [6.07, 6.45) is 2.73. The molecule has 3 heteroatoms. The molecule has 0 aromatic rings. The van der Waals surface area contributed by atoms with Gasteiger partial charge in [-0.1, -0.05) is 6.92 Å². The van der Waals surface area contributed by atoms with Crippen molar-refractivity contribution in [1.82, 2.24) is 10.2 Å². The van der Waals surface area contributed by atoms with Gasteiger partial charge in [-0.25, -0.2) is 0 Å². The van der Waals surface area contributed by atoms with E-state index >= 15 is 0 Å². The Morgan fingerprint density at radius 1 is 1.50 bits per heavy atom.